The summed E-state index contributed by atoms with van der Waals surface area (Å²) in [4.78, 5) is 31.7. The second-order valence-corrected chi connectivity index (χ2v) is 37.8. The number of fused-ring (bicyclic) bond motifs is 20. The maximum atomic E-state index is 5.42. The summed E-state index contributed by atoms with van der Waals surface area (Å²) < 4.78 is 13.5. The fourth-order valence-electron chi connectivity index (χ4n) is 22.3. The summed E-state index contributed by atoms with van der Waals surface area (Å²) in [7, 11) is 0. The van der Waals surface area contributed by atoms with E-state index >= 15 is 0 Å². The number of hydrogen-bond acceptors (Lipinski definition) is 6. The van der Waals surface area contributed by atoms with E-state index < -0.39 is 0 Å². The van der Waals surface area contributed by atoms with Gasteiger partial charge in [-0.05, 0) is 218 Å². The Morgan fingerprint density at radius 3 is 0.930 bits per heavy atom. The van der Waals surface area contributed by atoms with Crippen LogP contribution in [0.2, 0.25) is 0 Å². The van der Waals surface area contributed by atoms with Crippen LogP contribution in [0.4, 0.5) is 0 Å². The molecule has 30 rings (SSSR count). The van der Waals surface area contributed by atoms with Crippen LogP contribution in [0.25, 0.3) is 254 Å². The first-order chi connectivity index (χ1) is 70.6. The van der Waals surface area contributed by atoms with Gasteiger partial charge in [-0.15, -0.1) is 0 Å². The van der Waals surface area contributed by atoms with Crippen molar-refractivity contribution >= 4 is 152 Å². The molecule has 0 unspecified atom stereocenters. The van der Waals surface area contributed by atoms with Gasteiger partial charge in [-0.25, -0.2) is 29.9 Å². The third-order valence-electron chi connectivity index (χ3n) is 29.2. The first-order valence-corrected chi connectivity index (χ1v) is 48.7. The Balaban J connectivity index is 0.000000105. The number of nitrogens with zero attached hydrogens (tertiary/aromatic N) is 12. The third-order valence-corrected chi connectivity index (χ3v) is 29.2. The molecule has 670 valence electrons. The zero-order chi connectivity index (χ0) is 94.5. The van der Waals surface area contributed by atoms with Gasteiger partial charge in [0.2, 0.25) is 17.8 Å². The zero-order valence-electron chi connectivity index (χ0n) is 78.1. The van der Waals surface area contributed by atoms with Crippen molar-refractivity contribution in [2.24, 2.45) is 0 Å². The Kier molecular flexibility index (Phi) is 19.1. The van der Waals surface area contributed by atoms with E-state index in [1.54, 1.807) is 0 Å². The molecule has 0 N–H and O–H groups in total. The Bertz CT molecular complexity index is 10200. The molecule has 0 aliphatic heterocycles. The number of rotatable bonds is 11. The van der Waals surface area contributed by atoms with Crippen LogP contribution in [-0.4, -0.2) is 57.3 Å². The first-order valence-electron chi connectivity index (χ1n) is 48.7. The molecule has 143 heavy (non-hydrogen) atoms. The van der Waals surface area contributed by atoms with Crippen LogP contribution in [-0.2, 0) is 5.41 Å². The van der Waals surface area contributed by atoms with Gasteiger partial charge in [0.1, 0.15) is 0 Å². The van der Waals surface area contributed by atoms with Crippen LogP contribution in [0.15, 0.2) is 486 Å². The normalized spacial score (nSPS) is 12.3. The van der Waals surface area contributed by atoms with E-state index in [0.717, 1.165) is 117 Å². The molecule has 29 aromatic rings. The molecule has 0 atom stereocenters. The highest BCUT2D eigenvalue weighted by molar-refractivity contribution is 6.17. The summed E-state index contributed by atoms with van der Waals surface area (Å²) in [6.45, 7) is 4.66. The molecular weight excluding hydrogens is 1740 g/mol. The summed E-state index contributed by atoms with van der Waals surface area (Å²) in [6.07, 6.45) is 6.46. The van der Waals surface area contributed by atoms with Crippen molar-refractivity contribution in [1.29, 1.82) is 0 Å². The molecular formula is C131H86N12. The van der Waals surface area contributed by atoms with Crippen molar-refractivity contribution in [2.75, 3.05) is 0 Å². The van der Waals surface area contributed by atoms with E-state index in [1.165, 1.54) is 131 Å². The largest absolute Gasteiger partial charge is 0.317 e. The number of aromatic nitrogens is 12. The molecule has 1 aliphatic rings. The monoisotopic (exact) mass is 1830 g/mol. The maximum absolute atomic E-state index is 5.42. The van der Waals surface area contributed by atoms with Crippen LogP contribution in [0.3, 0.4) is 0 Å². The van der Waals surface area contributed by atoms with E-state index in [0.29, 0.717) is 17.8 Å². The van der Waals surface area contributed by atoms with E-state index in [4.69, 9.17) is 29.9 Å². The van der Waals surface area contributed by atoms with Gasteiger partial charge < -0.3 is 13.7 Å². The van der Waals surface area contributed by atoms with Gasteiger partial charge in [0.05, 0.1) is 83.3 Å². The van der Waals surface area contributed by atoms with Gasteiger partial charge in [0.25, 0.3) is 0 Å². The molecule has 9 heterocycles. The molecule has 9 aromatic heterocycles. The van der Waals surface area contributed by atoms with Crippen molar-refractivity contribution < 1.29 is 0 Å². The standard InChI is InChI=1S/2C44H28N4.C43H30N4/c1-3-11-29(12-4-1)30-19-20-32-26-34(22-21-31(32)25-30)43-37-16-7-9-17-39(37)45-44(46-43)48-40-18-10-8-15-36(40)38-28-41-33(27-42(38)48)23-24-47(41)35-13-5-2-6-14-35;1-2-12-35(13-3-1)47-25-24-34-27-42-38(28-41(34)47)36-14-7-9-17-40(36)48(42)44-45-39-16-8-6-15-37(39)43(46-44)31-21-18-30(19-22-31)33-23-20-29-10-4-5-11-32(29)26-33;1-43(2)35-17-9-6-14-30(35)31-21-20-28(24-36(31)43)41-33-16-7-10-18-37(33)44-42(45-41)47-38-19-11-8-15-32(38)34-26-39-27(25-40(34)47)22-23-46(39)29-12-4-3-5-13-29/h2*1-28H;3-26H,1-2H3. The topological polar surface area (TPSA) is 107 Å². The summed E-state index contributed by atoms with van der Waals surface area (Å²) in [5.41, 5.74) is 32.3. The zero-order valence-corrected chi connectivity index (χ0v) is 78.1. The van der Waals surface area contributed by atoms with Crippen molar-refractivity contribution in [2.45, 2.75) is 19.3 Å². The molecule has 0 saturated heterocycles. The number of benzene rings is 20. The van der Waals surface area contributed by atoms with E-state index in [1.807, 2.05) is 6.07 Å². The smallest absolute Gasteiger partial charge is 0.235 e. The Labute approximate surface area is 822 Å². The van der Waals surface area contributed by atoms with Gasteiger partial charge in [0.15, 0.2) is 0 Å². The minimum atomic E-state index is -0.0953. The average molecular weight is 1830 g/mol. The lowest BCUT2D eigenvalue weighted by Gasteiger charge is -2.22. The van der Waals surface area contributed by atoms with Crippen molar-refractivity contribution in [3.05, 3.63) is 497 Å². The number of para-hydroxylation sites is 9. The summed E-state index contributed by atoms with van der Waals surface area (Å²) >= 11 is 0. The highest BCUT2D eigenvalue weighted by Gasteiger charge is 2.36. The maximum Gasteiger partial charge on any atom is 0.235 e. The molecule has 0 radical (unpaired) electrons. The van der Waals surface area contributed by atoms with Gasteiger partial charge in [-0.1, -0.05) is 329 Å². The van der Waals surface area contributed by atoms with Crippen LogP contribution in [0, 0.1) is 0 Å². The quantitative estimate of drug-likeness (QED) is 0.128. The van der Waals surface area contributed by atoms with Gasteiger partial charge >= 0.3 is 0 Å². The molecule has 20 aromatic carbocycles. The second-order valence-electron chi connectivity index (χ2n) is 37.8. The van der Waals surface area contributed by atoms with Gasteiger partial charge in [0, 0.05) is 122 Å². The molecule has 0 spiro atoms. The molecule has 0 fully saturated rings. The molecule has 0 bridgehead atoms. The van der Waals surface area contributed by atoms with Crippen LogP contribution in [0.1, 0.15) is 25.0 Å². The highest BCUT2D eigenvalue weighted by Crippen LogP contribution is 2.51. The van der Waals surface area contributed by atoms with Crippen LogP contribution >= 0.6 is 0 Å². The van der Waals surface area contributed by atoms with Crippen LogP contribution < -0.4 is 0 Å². The fourth-order valence-corrected chi connectivity index (χ4v) is 22.3. The fraction of sp³-hybridized carbons (Fsp3) is 0.0229. The lowest BCUT2D eigenvalue weighted by molar-refractivity contribution is 0.660. The SMILES string of the molecule is CC1(C)c2ccccc2-c2ccc(-c3nc(-n4c5ccccc5c5cc6c(ccn6-c6ccccc6)cc54)nc4ccccc34)cc21.c1ccc(-c2ccc3cc(-c4nc(-n5c6ccccc6c6cc7c(ccn7-c7ccccc7)cc65)nc5ccccc45)ccc3c2)cc1.c1ccc(-n2ccc3cc4c(cc32)c2ccccc2n4-c2nc(-c3ccc(-c4ccc5ccccc5c4)cc3)c3ccccc3n2)cc1. The Morgan fingerprint density at radius 1 is 0.175 bits per heavy atom. The summed E-state index contributed by atoms with van der Waals surface area (Å²) in [5.74, 6) is 2.00. The molecule has 0 amide bonds. The lowest BCUT2D eigenvalue weighted by Crippen LogP contribution is -2.15. The minimum absolute atomic E-state index is 0.0953. The Morgan fingerprint density at radius 2 is 0.483 bits per heavy atom. The second kappa shape index (κ2) is 33.1. The van der Waals surface area contributed by atoms with Gasteiger partial charge in [-0.3, -0.25) is 13.7 Å². The summed E-state index contributed by atoms with van der Waals surface area (Å²) in [6, 6.07) is 166. The molecule has 12 nitrogen and oxygen atoms in total. The van der Waals surface area contributed by atoms with E-state index in [-0.39, 0.29) is 5.41 Å². The number of hydrogen-bond donors (Lipinski definition) is 0. The molecule has 1 aliphatic carbocycles. The third kappa shape index (κ3) is 13.7. The predicted molar refractivity (Wildman–Crippen MR) is 592 cm³/mol. The molecule has 0 saturated carbocycles. The summed E-state index contributed by atoms with van der Waals surface area (Å²) in [5, 5.41) is 18.5. The van der Waals surface area contributed by atoms with Crippen molar-refractivity contribution in [3.63, 3.8) is 0 Å². The van der Waals surface area contributed by atoms with Crippen molar-refractivity contribution in [3.8, 4) is 102 Å². The Hall–Kier alpha value is -19.0. The van der Waals surface area contributed by atoms with Crippen molar-refractivity contribution in [1.82, 2.24) is 57.3 Å². The van der Waals surface area contributed by atoms with Crippen LogP contribution in [0.5, 0.6) is 0 Å². The van der Waals surface area contributed by atoms with Gasteiger partial charge in [-0.2, -0.15) is 0 Å². The highest BCUT2D eigenvalue weighted by atomic mass is 15.2. The lowest BCUT2D eigenvalue weighted by atomic mass is 9.82. The van der Waals surface area contributed by atoms with E-state index in [9.17, 15) is 0 Å². The average Bonchev–Trinajstić information content (AvgIpc) is 1.58. The minimum Gasteiger partial charge on any atom is -0.317 e. The first kappa shape index (κ1) is 82.2. The van der Waals surface area contributed by atoms with E-state index in [2.05, 4.69) is 521 Å². The predicted octanol–water partition coefficient (Wildman–Crippen LogP) is 33.0. The molecule has 12 heteroatoms.